The third-order valence-electron chi connectivity index (χ3n) is 4.91. The minimum Gasteiger partial charge on any atom is -0.323 e. The average Bonchev–Trinajstić information content (AvgIpc) is 3.50. The molecule has 1 N–H and O–H groups in total. The number of benzene rings is 1. The fraction of sp³-hybridized carbons (Fsp3) is 0.250. The van der Waals surface area contributed by atoms with Crippen LogP contribution in [0.2, 0.25) is 0 Å². The number of nitrogens with one attached hydrogen (secondary N) is 1. The number of carbonyl (C=O) groups excluding carboxylic acids is 2. The molecule has 0 saturated heterocycles. The van der Waals surface area contributed by atoms with E-state index in [1.165, 1.54) is 16.7 Å². The van der Waals surface area contributed by atoms with E-state index >= 15 is 0 Å². The second kappa shape index (κ2) is 7.32. The predicted octanol–water partition coefficient (Wildman–Crippen LogP) is 2.75. The molecule has 0 spiro atoms. The van der Waals surface area contributed by atoms with Crippen LogP contribution in [0.5, 0.6) is 0 Å². The Balaban J connectivity index is 1.37. The van der Waals surface area contributed by atoms with Crippen LogP contribution in [0.1, 0.15) is 18.9 Å². The van der Waals surface area contributed by atoms with Crippen molar-refractivity contribution >= 4 is 35.0 Å². The number of rotatable bonds is 5. The van der Waals surface area contributed by atoms with Gasteiger partial charge in [-0.3, -0.25) is 19.1 Å². The van der Waals surface area contributed by atoms with Gasteiger partial charge in [-0.15, -0.1) is 10.2 Å². The van der Waals surface area contributed by atoms with Crippen LogP contribution in [-0.2, 0) is 9.59 Å². The molecule has 1 aromatic carbocycles. The summed E-state index contributed by atoms with van der Waals surface area (Å²) in [5.41, 5.74) is 2.33. The first kappa shape index (κ1) is 17.9. The van der Waals surface area contributed by atoms with Crippen molar-refractivity contribution in [3.63, 3.8) is 0 Å². The van der Waals surface area contributed by atoms with Crippen LogP contribution in [0.4, 0.5) is 11.4 Å². The van der Waals surface area contributed by atoms with Crippen molar-refractivity contribution in [2.45, 2.75) is 24.0 Å². The molecule has 0 unspecified atom stereocenters. The Morgan fingerprint density at radius 2 is 1.93 bits per heavy atom. The molecule has 2 amide bonds. The summed E-state index contributed by atoms with van der Waals surface area (Å²) >= 11 is 1.36. The molecule has 1 fully saturated rings. The van der Waals surface area contributed by atoms with Crippen molar-refractivity contribution in [2.24, 2.45) is 0 Å². The van der Waals surface area contributed by atoms with E-state index < -0.39 is 0 Å². The van der Waals surface area contributed by atoms with Crippen molar-refractivity contribution in [1.29, 1.82) is 0 Å². The number of amides is 2. The SMILES string of the molecule is O=C1CN(C(=O)CSc2nnc(-c3ccncc3)n2C2CC2)c2ccccc2N1. The van der Waals surface area contributed by atoms with Crippen LogP contribution in [0.15, 0.2) is 53.9 Å². The molecule has 3 heterocycles. The lowest BCUT2D eigenvalue weighted by Gasteiger charge is -2.29. The van der Waals surface area contributed by atoms with Gasteiger partial charge in [0.15, 0.2) is 11.0 Å². The van der Waals surface area contributed by atoms with Gasteiger partial charge >= 0.3 is 0 Å². The molecular formula is C20H18N6O2S. The number of thioether (sulfide) groups is 1. The lowest BCUT2D eigenvalue weighted by molar-refractivity contribution is -0.120. The summed E-state index contributed by atoms with van der Waals surface area (Å²) in [6.07, 6.45) is 5.63. The fourth-order valence-electron chi connectivity index (χ4n) is 3.40. The molecule has 0 atom stereocenters. The van der Waals surface area contributed by atoms with Gasteiger partial charge in [0, 0.05) is 24.0 Å². The van der Waals surface area contributed by atoms with Crippen molar-refractivity contribution in [3.8, 4) is 11.4 Å². The largest absolute Gasteiger partial charge is 0.323 e. The number of fused-ring (bicyclic) bond motifs is 1. The Morgan fingerprint density at radius 1 is 1.14 bits per heavy atom. The monoisotopic (exact) mass is 406 g/mol. The Hall–Kier alpha value is -3.20. The van der Waals surface area contributed by atoms with Crippen LogP contribution >= 0.6 is 11.8 Å². The van der Waals surface area contributed by atoms with Gasteiger partial charge in [0.25, 0.3) is 0 Å². The van der Waals surface area contributed by atoms with Gasteiger partial charge in [-0.1, -0.05) is 23.9 Å². The minimum absolute atomic E-state index is 0.0218. The lowest BCUT2D eigenvalue weighted by atomic mass is 10.2. The Bertz CT molecular complexity index is 1080. The summed E-state index contributed by atoms with van der Waals surface area (Å²) in [7, 11) is 0. The van der Waals surface area contributed by atoms with E-state index in [4.69, 9.17) is 0 Å². The molecule has 0 radical (unpaired) electrons. The molecule has 1 saturated carbocycles. The van der Waals surface area contributed by atoms with Crippen LogP contribution in [-0.4, -0.2) is 43.9 Å². The van der Waals surface area contributed by atoms with Crippen LogP contribution in [0, 0.1) is 0 Å². The van der Waals surface area contributed by atoms with E-state index in [2.05, 4.69) is 25.1 Å². The third-order valence-corrected chi connectivity index (χ3v) is 5.84. The maximum absolute atomic E-state index is 12.9. The Kier molecular flexibility index (Phi) is 4.51. The molecule has 1 aliphatic heterocycles. The van der Waals surface area contributed by atoms with E-state index in [1.54, 1.807) is 18.5 Å². The summed E-state index contributed by atoms with van der Waals surface area (Å²) in [6.45, 7) is 0.0218. The van der Waals surface area contributed by atoms with Gasteiger partial charge in [0.05, 0.1) is 17.1 Å². The first-order chi connectivity index (χ1) is 14.2. The number of carbonyl (C=O) groups is 2. The Labute approximate surface area is 171 Å². The zero-order valence-corrected chi connectivity index (χ0v) is 16.3. The molecule has 8 nitrogen and oxygen atoms in total. The second-order valence-corrected chi connectivity index (χ2v) is 7.92. The summed E-state index contributed by atoms with van der Waals surface area (Å²) < 4.78 is 2.12. The number of hydrogen-bond donors (Lipinski definition) is 1. The van der Waals surface area contributed by atoms with Gasteiger partial charge in [-0.25, -0.2) is 0 Å². The molecule has 0 bridgehead atoms. The first-order valence-corrected chi connectivity index (χ1v) is 10.4. The van der Waals surface area contributed by atoms with Crippen LogP contribution < -0.4 is 10.2 Å². The molecule has 29 heavy (non-hydrogen) atoms. The maximum atomic E-state index is 12.9. The summed E-state index contributed by atoms with van der Waals surface area (Å²) in [5.74, 6) is 0.659. The minimum atomic E-state index is -0.192. The number of pyridine rings is 1. The van der Waals surface area contributed by atoms with Crippen molar-refractivity contribution < 1.29 is 9.59 Å². The molecule has 5 rings (SSSR count). The van der Waals surface area contributed by atoms with E-state index in [0.717, 1.165) is 35.1 Å². The molecule has 146 valence electrons. The number of nitrogens with zero attached hydrogens (tertiary/aromatic N) is 5. The Morgan fingerprint density at radius 3 is 2.72 bits per heavy atom. The molecule has 2 aromatic heterocycles. The highest BCUT2D eigenvalue weighted by molar-refractivity contribution is 7.99. The fourth-order valence-corrected chi connectivity index (χ4v) is 4.28. The van der Waals surface area contributed by atoms with Gasteiger partial charge in [-0.05, 0) is 37.1 Å². The van der Waals surface area contributed by atoms with Gasteiger partial charge in [-0.2, -0.15) is 0 Å². The topological polar surface area (TPSA) is 93.0 Å². The maximum Gasteiger partial charge on any atom is 0.244 e. The molecule has 2 aliphatic rings. The molecule has 9 heteroatoms. The predicted molar refractivity (Wildman–Crippen MR) is 110 cm³/mol. The quantitative estimate of drug-likeness (QED) is 0.655. The summed E-state index contributed by atoms with van der Waals surface area (Å²) in [4.78, 5) is 30.5. The number of hydrogen-bond acceptors (Lipinski definition) is 6. The highest BCUT2D eigenvalue weighted by Gasteiger charge is 2.31. The van der Waals surface area contributed by atoms with Crippen molar-refractivity contribution in [2.75, 3.05) is 22.5 Å². The van der Waals surface area contributed by atoms with E-state index in [9.17, 15) is 9.59 Å². The second-order valence-electron chi connectivity index (χ2n) is 6.98. The number of aromatic nitrogens is 4. The van der Waals surface area contributed by atoms with Gasteiger partial charge in [0.2, 0.25) is 11.8 Å². The van der Waals surface area contributed by atoms with Crippen LogP contribution in [0.3, 0.4) is 0 Å². The lowest BCUT2D eigenvalue weighted by Crippen LogP contribution is -2.43. The standard InChI is InChI=1S/C20H18N6O2S/c27-17-11-25(16-4-2-1-3-15(16)22-17)18(28)12-29-20-24-23-19(26(20)14-5-6-14)13-7-9-21-10-8-13/h1-4,7-10,14H,5-6,11-12H2,(H,22,27). The van der Waals surface area contributed by atoms with Crippen LogP contribution in [0.25, 0.3) is 11.4 Å². The van der Waals surface area contributed by atoms with E-state index in [0.29, 0.717) is 11.7 Å². The van der Waals surface area contributed by atoms with Crippen molar-refractivity contribution in [3.05, 3.63) is 48.8 Å². The highest BCUT2D eigenvalue weighted by Crippen LogP contribution is 2.41. The summed E-state index contributed by atoms with van der Waals surface area (Å²) in [5, 5.41) is 12.2. The zero-order valence-electron chi connectivity index (χ0n) is 15.5. The normalized spacial score (nSPS) is 15.7. The molecule has 3 aromatic rings. The van der Waals surface area contributed by atoms with Gasteiger partial charge in [0.1, 0.15) is 6.54 Å². The summed E-state index contributed by atoms with van der Waals surface area (Å²) in [6, 6.07) is 11.5. The average molecular weight is 406 g/mol. The highest BCUT2D eigenvalue weighted by atomic mass is 32.2. The first-order valence-electron chi connectivity index (χ1n) is 9.38. The van der Waals surface area contributed by atoms with E-state index in [-0.39, 0.29) is 24.1 Å². The third kappa shape index (κ3) is 3.49. The zero-order chi connectivity index (χ0) is 19.8. The van der Waals surface area contributed by atoms with Gasteiger partial charge < -0.3 is 10.2 Å². The smallest absolute Gasteiger partial charge is 0.244 e. The number of anilines is 2. The molecule has 1 aliphatic carbocycles. The molecular weight excluding hydrogens is 388 g/mol. The van der Waals surface area contributed by atoms with E-state index in [1.807, 2.05) is 30.3 Å². The number of para-hydroxylation sites is 2. The van der Waals surface area contributed by atoms with Crippen molar-refractivity contribution in [1.82, 2.24) is 19.7 Å².